The zero-order valence-electron chi connectivity index (χ0n) is 19.8. The molecule has 1 atom stereocenters. The van der Waals surface area contributed by atoms with Crippen molar-refractivity contribution in [3.8, 4) is 0 Å². The van der Waals surface area contributed by atoms with E-state index in [0.29, 0.717) is 18.4 Å². The number of unbranched alkanes of at least 4 members (excludes halogenated alkanes) is 6. The number of hydrogen-bond donors (Lipinski definition) is 0. The van der Waals surface area contributed by atoms with Crippen LogP contribution in [0.1, 0.15) is 70.8 Å². The van der Waals surface area contributed by atoms with E-state index in [1.54, 1.807) is 19.1 Å². The van der Waals surface area contributed by atoms with Crippen LogP contribution in [0, 0.1) is 23.0 Å². The van der Waals surface area contributed by atoms with Gasteiger partial charge in [-0.25, -0.2) is 4.79 Å². The number of benzene rings is 1. The summed E-state index contributed by atoms with van der Waals surface area (Å²) in [6.45, 7) is 6.23. The monoisotopic (exact) mass is 458 g/mol. The first-order valence-corrected chi connectivity index (χ1v) is 11.8. The second kappa shape index (κ2) is 12.8. The predicted octanol–water partition coefficient (Wildman–Crippen LogP) is 5.17. The fraction of sp³-hybridized carbons (Fsp3) is 0.583. The van der Waals surface area contributed by atoms with Crippen LogP contribution in [-0.2, 0) is 9.59 Å². The summed E-state index contributed by atoms with van der Waals surface area (Å²) in [4.78, 5) is 56.0. The van der Waals surface area contributed by atoms with Gasteiger partial charge >= 0.3 is 6.03 Å². The average molecular weight is 459 g/mol. The molecule has 9 heteroatoms. The third kappa shape index (κ3) is 6.94. The molecule has 1 aromatic carbocycles. The van der Waals surface area contributed by atoms with Crippen LogP contribution in [-0.4, -0.2) is 51.9 Å². The third-order valence-corrected chi connectivity index (χ3v) is 5.76. The van der Waals surface area contributed by atoms with Gasteiger partial charge in [-0.2, -0.15) is 0 Å². The van der Waals surface area contributed by atoms with Crippen molar-refractivity contribution in [1.29, 1.82) is 0 Å². The van der Waals surface area contributed by atoms with Gasteiger partial charge in [-0.15, -0.1) is 0 Å². The quantitative estimate of drug-likeness (QED) is 0.133. The first kappa shape index (κ1) is 26.2. The largest absolute Gasteiger partial charge is 0.333 e. The van der Waals surface area contributed by atoms with Crippen LogP contribution in [0.25, 0.3) is 0 Å². The summed E-state index contributed by atoms with van der Waals surface area (Å²) in [7, 11) is 0. The average Bonchev–Trinajstić information content (AvgIpc) is 2.78. The summed E-state index contributed by atoms with van der Waals surface area (Å²) in [5.74, 6) is -2.40. The van der Waals surface area contributed by atoms with E-state index in [0.717, 1.165) is 48.3 Å². The fourth-order valence-electron chi connectivity index (χ4n) is 3.72. The second-order valence-corrected chi connectivity index (χ2v) is 8.37. The topological polar surface area (TPSA) is 113 Å². The number of urea groups is 1. The van der Waals surface area contributed by atoms with Crippen molar-refractivity contribution in [2.24, 2.45) is 10.9 Å². The van der Waals surface area contributed by atoms with E-state index in [4.69, 9.17) is 0 Å². The molecule has 1 heterocycles. The number of carbonyl (C=O) groups is 3. The van der Waals surface area contributed by atoms with Crippen molar-refractivity contribution in [2.75, 3.05) is 13.1 Å². The standard InChI is InChI=1S/C24H34N4O5/c1-4-6-8-9-10-11-15-27-23(30)20(22(29)26(24(27)31)14-7-5-2)17-25-19-13-12-18(3)21(16-19)28(32)33/h12-13,16-17,20H,4-11,14-15H2,1-3H3. The zero-order chi connectivity index (χ0) is 24.4. The molecular formula is C24H34N4O5. The minimum Gasteiger partial charge on any atom is -0.273 e. The first-order valence-electron chi connectivity index (χ1n) is 11.8. The molecule has 33 heavy (non-hydrogen) atoms. The van der Waals surface area contributed by atoms with E-state index < -0.39 is 28.7 Å². The van der Waals surface area contributed by atoms with Crippen molar-refractivity contribution in [1.82, 2.24) is 9.80 Å². The van der Waals surface area contributed by atoms with Crippen LogP contribution in [0.3, 0.4) is 0 Å². The highest BCUT2D eigenvalue weighted by Gasteiger charge is 2.44. The van der Waals surface area contributed by atoms with Crippen LogP contribution < -0.4 is 0 Å². The van der Waals surface area contributed by atoms with E-state index in [1.165, 1.54) is 12.3 Å². The van der Waals surface area contributed by atoms with Gasteiger partial charge in [0.05, 0.1) is 10.6 Å². The molecule has 1 aliphatic heterocycles. The molecule has 0 radical (unpaired) electrons. The lowest BCUT2D eigenvalue weighted by atomic mass is 10.0. The number of nitro groups is 1. The number of barbiturate groups is 1. The van der Waals surface area contributed by atoms with Gasteiger partial charge in [-0.3, -0.25) is 34.5 Å². The molecule has 2 rings (SSSR count). The molecule has 1 fully saturated rings. The second-order valence-electron chi connectivity index (χ2n) is 8.37. The maximum Gasteiger partial charge on any atom is 0.333 e. The van der Waals surface area contributed by atoms with Crippen LogP contribution in [0.15, 0.2) is 23.2 Å². The van der Waals surface area contributed by atoms with Crippen LogP contribution in [0.4, 0.5) is 16.2 Å². The Morgan fingerprint density at radius 2 is 1.52 bits per heavy atom. The van der Waals surface area contributed by atoms with Crippen molar-refractivity contribution in [2.45, 2.75) is 72.1 Å². The smallest absolute Gasteiger partial charge is 0.273 e. The molecule has 9 nitrogen and oxygen atoms in total. The molecule has 1 aromatic rings. The molecule has 1 aliphatic rings. The minimum absolute atomic E-state index is 0.0876. The van der Waals surface area contributed by atoms with Gasteiger partial charge in [0.2, 0.25) is 11.8 Å². The molecule has 180 valence electrons. The van der Waals surface area contributed by atoms with E-state index in [9.17, 15) is 24.5 Å². The molecular weight excluding hydrogens is 424 g/mol. The van der Waals surface area contributed by atoms with Gasteiger partial charge < -0.3 is 0 Å². The molecule has 1 unspecified atom stereocenters. The molecule has 1 saturated heterocycles. The van der Waals surface area contributed by atoms with Gasteiger partial charge in [0.1, 0.15) is 0 Å². The maximum absolute atomic E-state index is 13.0. The van der Waals surface area contributed by atoms with Gasteiger partial charge in [0.15, 0.2) is 5.92 Å². The third-order valence-electron chi connectivity index (χ3n) is 5.76. The van der Waals surface area contributed by atoms with Crippen molar-refractivity contribution < 1.29 is 19.3 Å². The number of nitro benzene ring substituents is 1. The summed E-state index contributed by atoms with van der Waals surface area (Å²) in [6, 6.07) is 3.89. The Morgan fingerprint density at radius 1 is 0.939 bits per heavy atom. The summed E-state index contributed by atoms with van der Waals surface area (Å²) in [5, 5.41) is 11.2. The fourth-order valence-corrected chi connectivity index (χ4v) is 3.72. The van der Waals surface area contributed by atoms with E-state index in [-0.39, 0.29) is 24.5 Å². The SMILES string of the molecule is CCCCCCCCN1C(=O)C(C=Nc2ccc(C)c([N+](=O)[O-])c2)C(=O)N(CCCC)C1=O. The molecule has 0 saturated carbocycles. The number of aryl methyl sites for hydroxylation is 1. The van der Waals surface area contributed by atoms with Crippen molar-refractivity contribution >= 4 is 35.4 Å². The van der Waals surface area contributed by atoms with E-state index in [2.05, 4.69) is 11.9 Å². The lowest BCUT2D eigenvalue weighted by Crippen LogP contribution is -2.60. The number of aliphatic imine (C=N–C) groups is 1. The van der Waals surface area contributed by atoms with Crippen LogP contribution in [0.2, 0.25) is 0 Å². The van der Waals surface area contributed by atoms with Crippen molar-refractivity contribution in [3.05, 3.63) is 33.9 Å². The number of hydrogen-bond acceptors (Lipinski definition) is 6. The summed E-state index contributed by atoms with van der Waals surface area (Å²) >= 11 is 0. The van der Waals surface area contributed by atoms with Crippen LogP contribution in [0.5, 0.6) is 0 Å². The Labute approximate surface area is 195 Å². The summed E-state index contributed by atoms with van der Waals surface area (Å²) in [5.41, 5.74) is 0.674. The van der Waals surface area contributed by atoms with E-state index >= 15 is 0 Å². The maximum atomic E-state index is 13.0. The Morgan fingerprint density at radius 3 is 2.12 bits per heavy atom. The molecule has 0 aliphatic carbocycles. The Balaban J connectivity index is 2.20. The van der Waals surface area contributed by atoms with Crippen molar-refractivity contribution in [3.63, 3.8) is 0 Å². The normalized spacial score (nSPS) is 16.8. The highest BCUT2D eigenvalue weighted by molar-refractivity contribution is 6.23. The lowest BCUT2D eigenvalue weighted by molar-refractivity contribution is -0.385. The van der Waals surface area contributed by atoms with Crippen LogP contribution >= 0.6 is 0 Å². The number of amides is 4. The number of nitrogens with zero attached hydrogens (tertiary/aromatic N) is 4. The molecule has 0 N–H and O–H groups in total. The molecule has 0 bridgehead atoms. The Hall–Kier alpha value is -3.10. The Kier molecular flexibility index (Phi) is 10.2. The first-order chi connectivity index (χ1) is 15.8. The summed E-state index contributed by atoms with van der Waals surface area (Å²) in [6.07, 6.45) is 8.71. The zero-order valence-corrected chi connectivity index (χ0v) is 19.8. The number of imide groups is 2. The highest BCUT2D eigenvalue weighted by Crippen LogP contribution is 2.25. The highest BCUT2D eigenvalue weighted by atomic mass is 16.6. The molecule has 0 spiro atoms. The lowest BCUT2D eigenvalue weighted by Gasteiger charge is -2.35. The summed E-state index contributed by atoms with van der Waals surface area (Å²) < 4.78 is 0. The van der Waals surface area contributed by atoms with Gasteiger partial charge in [-0.1, -0.05) is 58.4 Å². The number of rotatable bonds is 13. The minimum atomic E-state index is -1.22. The predicted molar refractivity (Wildman–Crippen MR) is 127 cm³/mol. The number of carbonyl (C=O) groups excluding carboxylic acids is 3. The van der Waals surface area contributed by atoms with E-state index in [1.807, 2.05) is 6.92 Å². The van der Waals surface area contributed by atoms with Gasteiger partial charge in [0, 0.05) is 30.9 Å². The van der Waals surface area contributed by atoms with Gasteiger partial charge in [-0.05, 0) is 25.8 Å². The van der Waals surface area contributed by atoms with Gasteiger partial charge in [0.25, 0.3) is 5.69 Å². The molecule has 4 amide bonds. The Bertz CT molecular complexity index is 899. The molecule has 0 aromatic heterocycles.